The van der Waals surface area contributed by atoms with E-state index >= 15 is 0 Å². The highest BCUT2D eigenvalue weighted by Gasteiger charge is 2.33. The molecule has 1 saturated heterocycles. The maximum absolute atomic E-state index is 12.8. The fraction of sp³-hybridized carbons (Fsp3) is 0.524. The lowest BCUT2D eigenvalue weighted by molar-refractivity contribution is -0.134. The van der Waals surface area contributed by atoms with Gasteiger partial charge >= 0.3 is 0 Å². The lowest BCUT2D eigenvalue weighted by Gasteiger charge is -2.33. The van der Waals surface area contributed by atoms with Crippen LogP contribution in [0.2, 0.25) is 0 Å². The maximum atomic E-state index is 12.8. The Bertz CT molecular complexity index is 877. The van der Waals surface area contributed by atoms with E-state index in [-0.39, 0.29) is 24.4 Å². The number of methoxy groups -OCH3 is 1. The average molecular weight is 398 g/mol. The van der Waals surface area contributed by atoms with Gasteiger partial charge in [0.15, 0.2) is 0 Å². The van der Waals surface area contributed by atoms with Crippen molar-refractivity contribution in [1.29, 1.82) is 0 Å². The number of carbonyl (C=O) groups is 2. The maximum Gasteiger partial charge on any atom is 0.251 e. The second-order valence-electron chi connectivity index (χ2n) is 7.62. The Hall–Kier alpha value is -2.90. The van der Waals surface area contributed by atoms with Crippen molar-refractivity contribution in [3.05, 3.63) is 41.6 Å². The van der Waals surface area contributed by atoms with Gasteiger partial charge in [0.1, 0.15) is 11.8 Å². The van der Waals surface area contributed by atoms with Gasteiger partial charge in [0, 0.05) is 18.0 Å². The van der Waals surface area contributed by atoms with E-state index in [4.69, 9.17) is 9.15 Å². The van der Waals surface area contributed by atoms with Gasteiger partial charge in [-0.25, -0.2) is 0 Å². The lowest BCUT2D eigenvalue weighted by Crippen LogP contribution is -2.44. The third kappa shape index (κ3) is 4.26. The largest absolute Gasteiger partial charge is 0.497 e. The number of hydrogen-bond acceptors (Lipinski definition) is 6. The number of carbonyl (C=O) groups excluding carboxylic acids is 2. The minimum absolute atomic E-state index is 0.0733. The SMILES string of the molecule is COc1cccc(C(=O)NCC(=O)N2CCCCC2c2nnc(C3CCC3)o2)c1. The molecule has 0 spiro atoms. The zero-order valence-electron chi connectivity index (χ0n) is 16.6. The number of amides is 2. The van der Waals surface area contributed by atoms with Gasteiger partial charge in [-0.15, -0.1) is 10.2 Å². The Kier molecular flexibility index (Phi) is 5.78. The van der Waals surface area contributed by atoms with Gasteiger partial charge in [0.05, 0.1) is 13.7 Å². The number of hydrogen-bond donors (Lipinski definition) is 1. The van der Waals surface area contributed by atoms with Crippen molar-refractivity contribution in [3.8, 4) is 5.75 Å². The first-order chi connectivity index (χ1) is 14.2. The first-order valence-electron chi connectivity index (χ1n) is 10.2. The molecule has 1 aromatic heterocycles. The number of ether oxygens (including phenoxy) is 1. The number of nitrogens with one attached hydrogen (secondary N) is 1. The van der Waals surface area contributed by atoms with Crippen LogP contribution in [0.15, 0.2) is 28.7 Å². The van der Waals surface area contributed by atoms with Gasteiger partial charge in [0.25, 0.3) is 5.91 Å². The van der Waals surface area contributed by atoms with Crippen LogP contribution < -0.4 is 10.1 Å². The monoisotopic (exact) mass is 398 g/mol. The molecule has 2 heterocycles. The van der Waals surface area contributed by atoms with Gasteiger partial charge < -0.3 is 19.4 Å². The Balaban J connectivity index is 1.39. The average Bonchev–Trinajstić information content (AvgIpc) is 3.19. The zero-order chi connectivity index (χ0) is 20.2. The predicted octanol–water partition coefficient (Wildman–Crippen LogP) is 2.83. The van der Waals surface area contributed by atoms with E-state index in [1.165, 1.54) is 6.42 Å². The Morgan fingerprint density at radius 3 is 2.76 bits per heavy atom. The van der Waals surface area contributed by atoms with E-state index in [2.05, 4.69) is 15.5 Å². The molecule has 29 heavy (non-hydrogen) atoms. The van der Waals surface area contributed by atoms with E-state index in [0.717, 1.165) is 32.1 Å². The van der Waals surface area contributed by atoms with Crippen LogP contribution in [-0.4, -0.2) is 47.1 Å². The van der Waals surface area contributed by atoms with Crippen molar-refractivity contribution in [1.82, 2.24) is 20.4 Å². The van der Waals surface area contributed by atoms with Crippen molar-refractivity contribution < 1.29 is 18.7 Å². The van der Waals surface area contributed by atoms with Crippen molar-refractivity contribution in [2.24, 2.45) is 0 Å². The molecule has 4 rings (SSSR count). The summed E-state index contributed by atoms with van der Waals surface area (Å²) in [5, 5.41) is 11.1. The second-order valence-corrected chi connectivity index (χ2v) is 7.62. The van der Waals surface area contributed by atoms with Crippen LogP contribution in [0.4, 0.5) is 0 Å². The number of nitrogens with zero attached hydrogens (tertiary/aromatic N) is 3. The van der Waals surface area contributed by atoms with E-state index < -0.39 is 0 Å². The second kappa shape index (κ2) is 8.63. The fourth-order valence-corrected chi connectivity index (χ4v) is 3.81. The quantitative estimate of drug-likeness (QED) is 0.804. The summed E-state index contributed by atoms with van der Waals surface area (Å²) in [6, 6.07) is 6.62. The molecule has 2 amide bonds. The number of rotatable bonds is 6. The summed E-state index contributed by atoms with van der Waals surface area (Å²) in [4.78, 5) is 27.0. The smallest absolute Gasteiger partial charge is 0.251 e. The molecular weight excluding hydrogens is 372 g/mol. The number of aromatic nitrogens is 2. The molecule has 2 aromatic rings. The van der Waals surface area contributed by atoms with Crippen molar-refractivity contribution in [3.63, 3.8) is 0 Å². The van der Waals surface area contributed by atoms with Crippen LogP contribution in [0.3, 0.4) is 0 Å². The normalized spacial score (nSPS) is 19.5. The third-order valence-electron chi connectivity index (χ3n) is 5.75. The van der Waals surface area contributed by atoms with Crippen molar-refractivity contribution >= 4 is 11.8 Å². The van der Waals surface area contributed by atoms with Crippen LogP contribution >= 0.6 is 0 Å². The minimum Gasteiger partial charge on any atom is -0.497 e. The summed E-state index contributed by atoms with van der Waals surface area (Å²) in [5.74, 6) is 1.71. The zero-order valence-corrected chi connectivity index (χ0v) is 16.6. The van der Waals surface area contributed by atoms with Gasteiger partial charge in [-0.2, -0.15) is 0 Å². The molecule has 8 heteroatoms. The third-order valence-corrected chi connectivity index (χ3v) is 5.75. The van der Waals surface area contributed by atoms with Crippen molar-refractivity contribution in [2.45, 2.75) is 50.5 Å². The summed E-state index contributed by atoms with van der Waals surface area (Å²) in [6.45, 7) is 0.551. The lowest BCUT2D eigenvalue weighted by atomic mass is 9.85. The Labute approximate surface area is 169 Å². The molecule has 0 radical (unpaired) electrons. The predicted molar refractivity (Wildman–Crippen MR) is 105 cm³/mol. The standard InChI is InChI=1S/C21H26N4O4/c1-28-16-9-5-8-15(12-16)19(27)22-13-18(26)25-11-3-2-10-17(25)21-24-23-20(29-21)14-6-4-7-14/h5,8-9,12,14,17H,2-4,6-7,10-11,13H2,1H3,(H,22,27). The number of likely N-dealkylation sites (tertiary alicyclic amines) is 1. The molecule has 2 fully saturated rings. The molecule has 1 aromatic carbocycles. The van der Waals surface area contributed by atoms with E-state index in [1.807, 2.05) is 0 Å². The van der Waals surface area contributed by atoms with Gasteiger partial charge in [-0.1, -0.05) is 12.5 Å². The highest BCUT2D eigenvalue weighted by molar-refractivity contribution is 5.96. The highest BCUT2D eigenvalue weighted by atomic mass is 16.5. The molecule has 0 bridgehead atoms. The van der Waals surface area contributed by atoms with Crippen LogP contribution in [0.5, 0.6) is 5.75 Å². The highest BCUT2D eigenvalue weighted by Crippen LogP contribution is 2.37. The van der Waals surface area contributed by atoms with E-state index in [0.29, 0.717) is 35.6 Å². The van der Waals surface area contributed by atoms with E-state index in [9.17, 15) is 9.59 Å². The van der Waals surface area contributed by atoms with Gasteiger partial charge in [-0.05, 0) is 50.3 Å². The molecule has 8 nitrogen and oxygen atoms in total. The molecule has 1 saturated carbocycles. The Morgan fingerprint density at radius 1 is 1.17 bits per heavy atom. The fourth-order valence-electron chi connectivity index (χ4n) is 3.81. The molecule has 1 unspecified atom stereocenters. The molecule has 1 atom stereocenters. The molecule has 154 valence electrons. The van der Waals surface area contributed by atoms with Gasteiger partial charge in [0.2, 0.25) is 17.7 Å². The van der Waals surface area contributed by atoms with Crippen LogP contribution in [0.1, 0.15) is 72.6 Å². The number of piperidine rings is 1. The summed E-state index contributed by atoms with van der Waals surface area (Å²) in [5.41, 5.74) is 0.453. The topological polar surface area (TPSA) is 97.6 Å². The first kappa shape index (κ1) is 19.4. The molecule has 1 aliphatic carbocycles. The summed E-state index contributed by atoms with van der Waals surface area (Å²) < 4.78 is 11.1. The molecular formula is C21H26N4O4. The summed E-state index contributed by atoms with van der Waals surface area (Å²) >= 11 is 0. The first-order valence-corrected chi connectivity index (χ1v) is 10.2. The van der Waals surface area contributed by atoms with E-state index in [1.54, 1.807) is 36.3 Å². The van der Waals surface area contributed by atoms with Crippen LogP contribution in [0, 0.1) is 0 Å². The van der Waals surface area contributed by atoms with Gasteiger partial charge in [-0.3, -0.25) is 9.59 Å². The summed E-state index contributed by atoms with van der Waals surface area (Å²) in [6.07, 6.45) is 6.10. The molecule has 1 aliphatic heterocycles. The van der Waals surface area contributed by atoms with Crippen molar-refractivity contribution in [2.75, 3.05) is 20.2 Å². The minimum atomic E-state index is -0.309. The molecule has 2 aliphatic rings. The number of benzene rings is 1. The molecule has 1 N–H and O–H groups in total. The summed E-state index contributed by atoms with van der Waals surface area (Å²) in [7, 11) is 1.55. The Morgan fingerprint density at radius 2 is 2.00 bits per heavy atom. The van der Waals surface area contributed by atoms with Crippen LogP contribution in [-0.2, 0) is 4.79 Å². The van der Waals surface area contributed by atoms with Crippen LogP contribution in [0.25, 0.3) is 0 Å².